The van der Waals surface area contributed by atoms with E-state index >= 15 is 0 Å². The Hall–Kier alpha value is -4.82. The molecular formula is C39H36N2. The van der Waals surface area contributed by atoms with E-state index in [-0.39, 0.29) is 5.54 Å². The number of nitrogens with one attached hydrogen (secondary N) is 1. The molecule has 6 rings (SSSR count). The van der Waals surface area contributed by atoms with Gasteiger partial charge < -0.3 is 10.2 Å². The summed E-state index contributed by atoms with van der Waals surface area (Å²) in [5, 5.41) is 6.49. The molecule has 202 valence electrons. The van der Waals surface area contributed by atoms with Gasteiger partial charge in [0, 0.05) is 22.7 Å². The molecule has 0 bridgehead atoms. The average molecular weight is 533 g/mol. The van der Waals surface area contributed by atoms with E-state index in [9.17, 15) is 0 Å². The van der Waals surface area contributed by atoms with E-state index in [1.807, 2.05) is 0 Å². The zero-order valence-electron chi connectivity index (χ0n) is 23.8. The first-order valence-corrected chi connectivity index (χ1v) is 14.6. The highest BCUT2D eigenvalue weighted by molar-refractivity contribution is 5.86. The van der Waals surface area contributed by atoms with Crippen molar-refractivity contribution in [2.24, 2.45) is 0 Å². The number of para-hydroxylation sites is 2. The molecule has 1 N–H and O–H groups in total. The van der Waals surface area contributed by atoms with Gasteiger partial charge in [0.2, 0.25) is 0 Å². The molecule has 0 unspecified atom stereocenters. The van der Waals surface area contributed by atoms with Crippen molar-refractivity contribution in [2.45, 2.75) is 32.2 Å². The summed E-state index contributed by atoms with van der Waals surface area (Å²) in [6.45, 7) is 4.57. The SMILES string of the molecule is CCC(CC)(Nc1ccc2ccccc2c1)c1ccccc1-c1ccc(N(c2ccccc2)c2ccccc2)cc1. The predicted octanol–water partition coefficient (Wildman–Crippen LogP) is 11.1. The molecule has 0 atom stereocenters. The van der Waals surface area contributed by atoms with Gasteiger partial charge in [-0.15, -0.1) is 0 Å². The van der Waals surface area contributed by atoms with Crippen LogP contribution in [-0.4, -0.2) is 0 Å². The first-order valence-electron chi connectivity index (χ1n) is 14.6. The van der Waals surface area contributed by atoms with Gasteiger partial charge in [0.25, 0.3) is 0 Å². The first kappa shape index (κ1) is 26.4. The minimum absolute atomic E-state index is 0.197. The number of anilines is 4. The van der Waals surface area contributed by atoms with Gasteiger partial charge in [0.1, 0.15) is 0 Å². The average Bonchev–Trinajstić information content (AvgIpc) is 3.05. The molecule has 0 aliphatic carbocycles. The highest BCUT2D eigenvalue weighted by Gasteiger charge is 2.31. The van der Waals surface area contributed by atoms with Gasteiger partial charge in [-0.2, -0.15) is 0 Å². The summed E-state index contributed by atoms with van der Waals surface area (Å²) in [6.07, 6.45) is 1.95. The summed E-state index contributed by atoms with van der Waals surface area (Å²) in [5.74, 6) is 0. The van der Waals surface area contributed by atoms with Gasteiger partial charge in [0.05, 0.1) is 5.54 Å². The van der Waals surface area contributed by atoms with Gasteiger partial charge in [-0.1, -0.05) is 117 Å². The normalized spacial score (nSPS) is 11.4. The van der Waals surface area contributed by atoms with Crippen LogP contribution in [0.4, 0.5) is 22.7 Å². The lowest BCUT2D eigenvalue weighted by Crippen LogP contribution is -2.34. The number of rotatable bonds is 9. The van der Waals surface area contributed by atoms with E-state index in [1.165, 1.54) is 27.5 Å². The molecule has 0 aliphatic heterocycles. The third kappa shape index (κ3) is 5.34. The van der Waals surface area contributed by atoms with Crippen molar-refractivity contribution < 1.29 is 0 Å². The quantitative estimate of drug-likeness (QED) is 0.199. The lowest BCUT2D eigenvalue weighted by molar-refractivity contribution is 0.456. The van der Waals surface area contributed by atoms with Crippen LogP contribution in [0.5, 0.6) is 0 Å². The van der Waals surface area contributed by atoms with Crippen LogP contribution in [0.15, 0.2) is 152 Å². The Morgan fingerprint density at radius 3 is 1.68 bits per heavy atom. The van der Waals surface area contributed by atoms with Crippen LogP contribution in [0.3, 0.4) is 0 Å². The Balaban J connectivity index is 1.38. The van der Waals surface area contributed by atoms with E-state index in [0.717, 1.165) is 35.6 Å². The third-order valence-electron chi connectivity index (χ3n) is 8.25. The molecule has 0 saturated heterocycles. The lowest BCUT2D eigenvalue weighted by Gasteiger charge is -2.36. The number of nitrogens with zero attached hydrogens (tertiary/aromatic N) is 1. The number of hydrogen-bond acceptors (Lipinski definition) is 2. The van der Waals surface area contributed by atoms with Crippen molar-refractivity contribution >= 4 is 33.5 Å². The van der Waals surface area contributed by atoms with Crippen molar-refractivity contribution in [3.63, 3.8) is 0 Å². The van der Waals surface area contributed by atoms with Gasteiger partial charge in [-0.3, -0.25) is 0 Å². The van der Waals surface area contributed by atoms with E-state index in [0.29, 0.717) is 0 Å². The molecule has 2 heteroatoms. The summed E-state index contributed by atoms with van der Waals surface area (Å²) in [7, 11) is 0. The van der Waals surface area contributed by atoms with Gasteiger partial charge in [-0.25, -0.2) is 0 Å². The molecule has 2 nitrogen and oxygen atoms in total. The number of hydrogen-bond donors (Lipinski definition) is 1. The van der Waals surface area contributed by atoms with E-state index in [4.69, 9.17) is 0 Å². The van der Waals surface area contributed by atoms with Crippen molar-refractivity contribution in [3.8, 4) is 11.1 Å². The molecule has 0 fully saturated rings. The monoisotopic (exact) mass is 532 g/mol. The molecule has 0 radical (unpaired) electrons. The predicted molar refractivity (Wildman–Crippen MR) is 176 cm³/mol. The summed E-state index contributed by atoms with van der Waals surface area (Å²) in [6, 6.07) is 54.3. The molecule has 0 aromatic heterocycles. The van der Waals surface area contributed by atoms with E-state index < -0.39 is 0 Å². The van der Waals surface area contributed by atoms with E-state index in [2.05, 4.69) is 176 Å². The fourth-order valence-electron chi connectivity index (χ4n) is 5.96. The molecule has 0 spiro atoms. The van der Waals surface area contributed by atoms with Crippen molar-refractivity contribution in [3.05, 3.63) is 157 Å². The fourth-order valence-corrected chi connectivity index (χ4v) is 5.96. The molecule has 6 aromatic rings. The summed E-state index contributed by atoms with van der Waals surface area (Å²) >= 11 is 0. The van der Waals surface area contributed by atoms with Crippen LogP contribution in [0.2, 0.25) is 0 Å². The summed E-state index contributed by atoms with van der Waals surface area (Å²) < 4.78 is 0. The van der Waals surface area contributed by atoms with Crippen molar-refractivity contribution in [1.29, 1.82) is 0 Å². The maximum absolute atomic E-state index is 3.97. The molecule has 0 aliphatic rings. The summed E-state index contributed by atoms with van der Waals surface area (Å²) in [4.78, 5) is 2.30. The van der Waals surface area contributed by atoms with Crippen LogP contribution < -0.4 is 10.2 Å². The maximum Gasteiger partial charge on any atom is 0.0626 e. The Bertz CT molecular complexity index is 1680. The van der Waals surface area contributed by atoms with Crippen LogP contribution in [0, 0.1) is 0 Å². The second-order valence-corrected chi connectivity index (χ2v) is 10.6. The molecule has 0 heterocycles. The zero-order chi connectivity index (χ0) is 28.1. The highest BCUT2D eigenvalue weighted by atomic mass is 15.1. The van der Waals surface area contributed by atoms with Crippen LogP contribution >= 0.6 is 0 Å². The fraction of sp³-hybridized carbons (Fsp3) is 0.128. The first-order chi connectivity index (χ1) is 20.2. The largest absolute Gasteiger partial charge is 0.376 e. The lowest BCUT2D eigenvalue weighted by atomic mass is 9.80. The number of benzene rings is 6. The molecule has 0 amide bonds. The Morgan fingerprint density at radius 2 is 1.05 bits per heavy atom. The van der Waals surface area contributed by atoms with E-state index in [1.54, 1.807) is 0 Å². The van der Waals surface area contributed by atoms with Crippen LogP contribution in [-0.2, 0) is 5.54 Å². The Morgan fingerprint density at radius 1 is 0.512 bits per heavy atom. The molecular weight excluding hydrogens is 496 g/mol. The maximum atomic E-state index is 3.97. The summed E-state index contributed by atoms with van der Waals surface area (Å²) in [5.41, 5.74) is 8.18. The second kappa shape index (κ2) is 11.7. The van der Waals surface area contributed by atoms with Crippen LogP contribution in [0.25, 0.3) is 21.9 Å². The standard InChI is InChI=1S/C39H36N2/c1-3-39(4-2,40-33-26-23-30-15-11-12-16-32(30)29-33)38-22-14-13-21-37(38)31-24-27-36(28-25-31)41(34-17-7-5-8-18-34)35-19-9-6-10-20-35/h5-29,40H,3-4H2,1-2H3. The highest BCUT2D eigenvalue weighted by Crippen LogP contribution is 2.41. The zero-order valence-corrected chi connectivity index (χ0v) is 23.8. The molecule has 6 aromatic carbocycles. The Labute approximate surface area is 243 Å². The van der Waals surface area contributed by atoms with Crippen molar-refractivity contribution in [1.82, 2.24) is 0 Å². The van der Waals surface area contributed by atoms with Gasteiger partial charge in [-0.05, 0) is 88.8 Å². The minimum Gasteiger partial charge on any atom is -0.376 e. The van der Waals surface area contributed by atoms with Gasteiger partial charge >= 0.3 is 0 Å². The smallest absolute Gasteiger partial charge is 0.0626 e. The topological polar surface area (TPSA) is 15.3 Å². The molecule has 0 saturated carbocycles. The van der Waals surface area contributed by atoms with Crippen LogP contribution in [0.1, 0.15) is 32.3 Å². The van der Waals surface area contributed by atoms with Gasteiger partial charge in [0.15, 0.2) is 0 Å². The Kier molecular flexibility index (Phi) is 7.56. The second-order valence-electron chi connectivity index (χ2n) is 10.6. The number of fused-ring (bicyclic) bond motifs is 1. The third-order valence-corrected chi connectivity index (χ3v) is 8.25. The minimum atomic E-state index is -0.197. The van der Waals surface area contributed by atoms with Crippen molar-refractivity contribution in [2.75, 3.05) is 10.2 Å². The molecule has 41 heavy (non-hydrogen) atoms.